The molecular formula is C11H17NO3S. The molecule has 1 aromatic rings. The maximum absolute atomic E-state index is 10.9. The lowest BCUT2D eigenvalue weighted by molar-refractivity contribution is 0.341. The number of hydrogen-bond donors (Lipinski definition) is 1. The number of benzene rings is 1. The summed E-state index contributed by atoms with van der Waals surface area (Å²) < 4.78 is 27.0. The first kappa shape index (κ1) is 13.0. The molecule has 1 aromatic carbocycles. The minimum Gasteiger partial charge on any atom is -0.493 e. The van der Waals surface area contributed by atoms with Gasteiger partial charge >= 0.3 is 0 Å². The van der Waals surface area contributed by atoms with Crippen LogP contribution in [0, 0.1) is 0 Å². The molecule has 0 bridgehead atoms. The van der Waals surface area contributed by atoms with Crippen molar-refractivity contribution < 1.29 is 13.2 Å². The third-order valence-corrected chi connectivity index (χ3v) is 3.04. The van der Waals surface area contributed by atoms with Crippen LogP contribution in [0.3, 0.4) is 0 Å². The van der Waals surface area contributed by atoms with E-state index < -0.39 is 9.84 Å². The summed E-state index contributed by atoms with van der Waals surface area (Å²) in [4.78, 5) is 0. The molecule has 0 spiro atoms. The fourth-order valence-electron chi connectivity index (χ4n) is 1.18. The van der Waals surface area contributed by atoms with E-state index >= 15 is 0 Å². The summed E-state index contributed by atoms with van der Waals surface area (Å²) in [7, 11) is -2.96. The molecule has 0 amide bonds. The lowest BCUT2D eigenvalue weighted by atomic mass is 10.1. The Balaban J connectivity index is 2.50. The van der Waals surface area contributed by atoms with Crippen LogP contribution in [-0.4, -0.2) is 27.0 Å². The van der Waals surface area contributed by atoms with E-state index in [1.54, 1.807) is 12.1 Å². The smallest absolute Gasteiger partial charge is 0.150 e. The molecule has 0 saturated carbocycles. The zero-order chi connectivity index (χ0) is 12.2. The number of ether oxygens (including phenoxy) is 1. The van der Waals surface area contributed by atoms with Crippen molar-refractivity contribution in [3.63, 3.8) is 0 Å². The Morgan fingerprint density at radius 3 is 2.31 bits per heavy atom. The number of nitrogens with two attached hydrogens (primary N) is 1. The molecule has 0 heterocycles. The fourth-order valence-corrected chi connectivity index (χ4v) is 1.56. The van der Waals surface area contributed by atoms with Crippen LogP contribution in [0.25, 0.3) is 0 Å². The maximum Gasteiger partial charge on any atom is 0.150 e. The van der Waals surface area contributed by atoms with E-state index in [9.17, 15) is 8.42 Å². The number of hydrogen-bond acceptors (Lipinski definition) is 4. The van der Waals surface area contributed by atoms with Crippen molar-refractivity contribution in [3.8, 4) is 5.75 Å². The van der Waals surface area contributed by atoms with E-state index in [-0.39, 0.29) is 18.4 Å². The Morgan fingerprint density at radius 2 is 1.88 bits per heavy atom. The van der Waals surface area contributed by atoms with Crippen LogP contribution in [-0.2, 0) is 9.84 Å². The zero-order valence-corrected chi connectivity index (χ0v) is 10.3. The van der Waals surface area contributed by atoms with Gasteiger partial charge in [-0.25, -0.2) is 8.42 Å². The van der Waals surface area contributed by atoms with Gasteiger partial charge in [0.25, 0.3) is 0 Å². The van der Waals surface area contributed by atoms with Crippen molar-refractivity contribution in [2.24, 2.45) is 5.73 Å². The van der Waals surface area contributed by atoms with Crippen LogP contribution in [0.1, 0.15) is 18.5 Å². The second kappa shape index (κ2) is 5.32. The second-order valence-corrected chi connectivity index (χ2v) is 6.10. The molecule has 0 aliphatic carbocycles. The monoisotopic (exact) mass is 243 g/mol. The molecule has 0 aliphatic heterocycles. The van der Waals surface area contributed by atoms with Gasteiger partial charge in [-0.1, -0.05) is 12.1 Å². The molecule has 2 N–H and O–H groups in total. The van der Waals surface area contributed by atoms with E-state index in [4.69, 9.17) is 10.5 Å². The normalized spacial score (nSPS) is 13.4. The molecule has 0 aliphatic rings. The van der Waals surface area contributed by atoms with Gasteiger partial charge in [0.15, 0.2) is 9.84 Å². The lowest BCUT2D eigenvalue weighted by Gasteiger charge is -2.08. The van der Waals surface area contributed by atoms with Crippen molar-refractivity contribution in [3.05, 3.63) is 29.8 Å². The van der Waals surface area contributed by atoms with Crippen LogP contribution < -0.4 is 10.5 Å². The quantitative estimate of drug-likeness (QED) is 0.841. The third-order valence-electron chi connectivity index (χ3n) is 2.13. The first-order valence-electron chi connectivity index (χ1n) is 5.04. The van der Waals surface area contributed by atoms with Gasteiger partial charge in [0.1, 0.15) is 12.4 Å². The van der Waals surface area contributed by atoms with Crippen molar-refractivity contribution in [1.82, 2.24) is 0 Å². The number of rotatable bonds is 5. The predicted octanol–water partition coefficient (Wildman–Crippen LogP) is 1.13. The van der Waals surface area contributed by atoms with Crippen LogP contribution in [0.15, 0.2) is 24.3 Å². The van der Waals surface area contributed by atoms with Crippen LogP contribution in [0.4, 0.5) is 0 Å². The highest BCUT2D eigenvalue weighted by Crippen LogP contribution is 2.15. The Labute approximate surface area is 96.3 Å². The van der Waals surface area contributed by atoms with Gasteiger partial charge in [-0.05, 0) is 24.6 Å². The predicted molar refractivity (Wildman–Crippen MR) is 64.3 cm³/mol. The summed E-state index contributed by atoms with van der Waals surface area (Å²) in [5.41, 5.74) is 6.72. The molecule has 0 aromatic heterocycles. The highest BCUT2D eigenvalue weighted by molar-refractivity contribution is 7.90. The molecule has 90 valence electrons. The standard InChI is InChI=1S/C11H17NO3S/c1-9(12)10-3-5-11(6-4-10)15-7-8-16(2,13)14/h3-6,9H,7-8,12H2,1-2H3. The summed E-state index contributed by atoms with van der Waals surface area (Å²) in [6.07, 6.45) is 1.19. The van der Waals surface area contributed by atoms with Crippen LogP contribution in [0.5, 0.6) is 5.75 Å². The Morgan fingerprint density at radius 1 is 1.31 bits per heavy atom. The topological polar surface area (TPSA) is 69.4 Å². The average molecular weight is 243 g/mol. The first-order chi connectivity index (χ1) is 7.38. The fraction of sp³-hybridized carbons (Fsp3) is 0.455. The minimum atomic E-state index is -2.96. The summed E-state index contributed by atoms with van der Waals surface area (Å²) >= 11 is 0. The molecule has 1 unspecified atom stereocenters. The Bertz CT molecular complexity index is 423. The van der Waals surface area contributed by atoms with Crippen molar-refractivity contribution >= 4 is 9.84 Å². The van der Waals surface area contributed by atoms with Gasteiger partial charge in [0, 0.05) is 12.3 Å². The van der Waals surface area contributed by atoms with Gasteiger partial charge < -0.3 is 10.5 Å². The molecular weight excluding hydrogens is 226 g/mol. The first-order valence-corrected chi connectivity index (χ1v) is 7.10. The summed E-state index contributed by atoms with van der Waals surface area (Å²) in [6.45, 7) is 2.08. The van der Waals surface area contributed by atoms with Gasteiger partial charge in [-0.2, -0.15) is 0 Å². The number of sulfone groups is 1. The third kappa shape index (κ3) is 4.63. The second-order valence-electron chi connectivity index (χ2n) is 3.84. The average Bonchev–Trinajstić information content (AvgIpc) is 2.16. The molecule has 5 heteroatoms. The van der Waals surface area contributed by atoms with Crippen molar-refractivity contribution in [2.75, 3.05) is 18.6 Å². The summed E-state index contributed by atoms with van der Waals surface area (Å²) in [6, 6.07) is 7.33. The highest BCUT2D eigenvalue weighted by Gasteiger charge is 2.03. The van der Waals surface area contributed by atoms with E-state index in [0.717, 1.165) is 5.56 Å². The van der Waals surface area contributed by atoms with Crippen LogP contribution >= 0.6 is 0 Å². The molecule has 0 saturated heterocycles. The molecule has 1 atom stereocenters. The molecule has 0 fully saturated rings. The SMILES string of the molecule is CC(N)c1ccc(OCCS(C)(=O)=O)cc1. The molecule has 1 rings (SSSR count). The maximum atomic E-state index is 10.9. The molecule has 0 radical (unpaired) electrons. The van der Waals surface area contributed by atoms with Gasteiger partial charge in [0.05, 0.1) is 5.75 Å². The van der Waals surface area contributed by atoms with Gasteiger partial charge in [-0.15, -0.1) is 0 Å². The van der Waals surface area contributed by atoms with Crippen molar-refractivity contribution in [2.45, 2.75) is 13.0 Å². The molecule has 16 heavy (non-hydrogen) atoms. The van der Waals surface area contributed by atoms with Gasteiger partial charge in [0.2, 0.25) is 0 Å². The summed E-state index contributed by atoms with van der Waals surface area (Å²) in [5, 5.41) is 0. The minimum absolute atomic E-state index is 0.00919. The van der Waals surface area contributed by atoms with E-state index in [2.05, 4.69) is 0 Å². The largest absolute Gasteiger partial charge is 0.493 e. The van der Waals surface area contributed by atoms with Gasteiger partial charge in [-0.3, -0.25) is 0 Å². The van der Waals surface area contributed by atoms with Crippen LogP contribution in [0.2, 0.25) is 0 Å². The van der Waals surface area contributed by atoms with Crippen molar-refractivity contribution in [1.29, 1.82) is 0 Å². The van der Waals surface area contributed by atoms with E-state index in [1.807, 2.05) is 19.1 Å². The van der Waals surface area contributed by atoms with E-state index in [1.165, 1.54) is 6.26 Å². The highest BCUT2D eigenvalue weighted by atomic mass is 32.2. The Kier molecular flexibility index (Phi) is 4.32. The lowest BCUT2D eigenvalue weighted by Crippen LogP contribution is -2.12. The zero-order valence-electron chi connectivity index (χ0n) is 9.51. The molecule has 4 nitrogen and oxygen atoms in total. The summed E-state index contributed by atoms with van der Waals surface area (Å²) in [5.74, 6) is 0.690. The van der Waals surface area contributed by atoms with E-state index in [0.29, 0.717) is 5.75 Å². The Hall–Kier alpha value is -1.07.